The largest absolute Gasteiger partial charge is 0.491 e. The summed E-state index contributed by atoms with van der Waals surface area (Å²) in [7, 11) is 0. The molecule has 0 radical (unpaired) electrons. The molecule has 5 N–H and O–H groups in total. The van der Waals surface area contributed by atoms with Crippen LogP contribution in [0.5, 0.6) is 5.75 Å². The molecule has 0 unspecified atom stereocenters. The molecular formula is C20H27N5O2. The van der Waals surface area contributed by atoms with Crippen molar-refractivity contribution < 1.29 is 9.53 Å². The van der Waals surface area contributed by atoms with Gasteiger partial charge in [0.15, 0.2) is 0 Å². The van der Waals surface area contributed by atoms with Crippen LogP contribution >= 0.6 is 0 Å². The molecule has 3 aliphatic rings. The lowest BCUT2D eigenvalue weighted by Gasteiger charge is -2.28. The summed E-state index contributed by atoms with van der Waals surface area (Å²) in [6.45, 7) is 3.55. The average molecular weight is 369 g/mol. The van der Waals surface area contributed by atoms with E-state index in [1.165, 1.54) is 19.3 Å². The number of rotatable bonds is 5. The van der Waals surface area contributed by atoms with Crippen LogP contribution in [-0.4, -0.2) is 43.2 Å². The van der Waals surface area contributed by atoms with Crippen molar-refractivity contribution in [2.24, 2.45) is 11.7 Å². The molecule has 5 rings (SSSR count). The molecule has 1 atom stereocenters. The Bertz CT molecular complexity index is 867. The summed E-state index contributed by atoms with van der Waals surface area (Å²) in [6, 6.07) is 3.77. The molecule has 1 amide bonds. The third-order valence-corrected chi connectivity index (χ3v) is 5.90. The van der Waals surface area contributed by atoms with E-state index in [-0.39, 0.29) is 11.9 Å². The number of hydrogen-bond donors (Lipinski definition) is 4. The van der Waals surface area contributed by atoms with Crippen molar-refractivity contribution in [2.75, 3.05) is 41.8 Å². The van der Waals surface area contributed by atoms with E-state index in [0.29, 0.717) is 12.5 Å². The maximum atomic E-state index is 11.8. The lowest BCUT2D eigenvalue weighted by Crippen LogP contribution is -2.37. The van der Waals surface area contributed by atoms with Crippen LogP contribution in [0, 0.1) is 5.92 Å². The van der Waals surface area contributed by atoms with Crippen LogP contribution in [0.4, 0.5) is 17.2 Å². The van der Waals surface area contributed by atoms with Crippen LogP contribution in [0.25, 0.3) is 10.9 Å². The molecule has 2 aliphatic heterocycles. The van der Waals surface area contributed by atoms with Crippen LogP contribution in [0.3, 0.4) is 0 Å². The number of carbonyl (C=O) groups is 1. The highest BCUT2D eigenvalue weighted by Gasteiger charge is 2.35. The second-order valence-corrected chi connectivity index (χ2v) is 7.93. The molecule has 1 saturated carbocycles. The van der Waals surface area contributed by atoms with Gasteiger partial charge in [0, 0.05) is 31.4 Å². The number of H-pyrrole nitrogens is 1. The Hall–Kier alpha value is -2.57. The minimum atomic E-state index is -0.311. The smallest absolute Gasteiger partial charge is 0.240 e. The summed E-state index contributed by atoms with van der Waals surface area (Å²) in [5.74, 6) is 2.08. The Morgan fingerprint density at radius 3 is 2.81 bits per heavy atom. The molecule has 1 aliphatic carbocycles. The predicted octanol–water partition coefficient (Wildman–Crippen LogP) is 2.64. The van der Waals surface area contributed by atoms with E-state index < -0.39 is 0 Å². The van der Waals surface area contributed by atoms with E-state index in [2.05, 4.69) is 26.6 Å². The van der Waals surface area contributed by atoms with Gasteiger partial charge in [-0.25, -0.2) is 0 Å². The molecule has 144 valence electrons. The van der Waals surface area contributed by atoms with Gasteiger partial charge in [0.1, 0.15) is 24.2 Å². The Balaban J connectivity index is 1.55. The first kappa shape index (κ1) is 16.6. The maximum absolute atomic E-state index is 11.8. The van der Waals surface area contributed by atoms with Gasteiger partial charge in [-0.1, -0.05) is 0 Å². The number of nitrogens with zero attached hydrogens (tertiary/aromatic N) is 1. The van der Waals surface area contributed by atoms with Crippen molar-refractivity contribution in [3.05, 3.63) is 12.1 Å². The number of ether oxygens (including phenoxy) is 1. The molecule has 7 nitrogen and oxygen atoms in total. The van der Waals surface area contributed by atoms with Gasteiger partial charge >= 0.3 is 0 Å². The van der Waals surface area contributed by atoms with Gasteiger partial charge in [0.05, 0.1) is 16.6 Å². The van der Waals surface area contributed by atoms with Crippen molar-refractivity contribution in [3.8, 4) is 5.75 Å². The van der Waals surface area contributed by atoms with Crippen molar-refractivity contribution >= 4 is 34.0 Å². The second kappa shape index (κ2) is 6.55. The normalized spacial score (nSPS) is 20.5. The number of anilines is 3. The Morgan fingerprint density at radius 2 is 2.07 bits per heavy atom. The van der Waals surface area contributed by atoms with Crippen LogP contribution < -0.4 is 26.0 Å². The van der Waals surface area contributed by atoms with Crippen molar-refractivity contribution in [1.82, 2.24) is 4.98 Å². The molecule has 1 saturated heterocycles. The minimum Gasteiger partial charge on any atom is -0.491 e. The number of piperidine rings is 1. The number of aromatic amines is 1. The number of primary amides is 1. The van der Waals surface area contributed by atoms with Gasteiger partial charge in [0.2, 0.25) is 5.91 Å². The molecule has 0 bridgehead atoms. The predicted molar refractivity (Wildman–Crippen MR) is 108 cm³/mol. The highest BCUT2D eigenvalue weighted by atomic mass is 16.5. The topological polar surface area (TPSA) is 95.4 Å². The van der Waals surface area contributed by atoms with E-state index in [1.54, 1.807) is 0 Å². The fraction of sp³-hybridized carbons (Fsp3) is 0.550. The minimum absolute atomic E-state index is 0.285. The zero-order valence-electron chi connectivity index (χ0n) is 15.5. The first-order valence-electron chi connectivity index (χ1n) is 10.1. The van der Waals surface area contributed by atoms with E-state index >= 15 is 0 Å². The summed E-state index contributed by atoms with van der Waals surface area (Å²) in [6.07, 6.45) is 5.88. The molecular weight excluding hydrogens is 342 g/mol. The van der Waals surface area contributed by atoms with E-state index in [9.17, 15) is 4.79 Å². The highest BCUT2D eigenvalue weighted by Crippen LogP contribution is 2.44. The van der Waals surface area contributed by atoms with E-state index in [4.69, 9.17) is 10.5 Å². The van der Waals surface area contributed by atoms with Gasteiger partial charge in [0.25, 0.3) is 0 Å². The summed E-state index contributed by atoms with van der Waals surface area (Å²) < 4.78 is 6.02. The van der Waals surface area contributed by atoms with Gasteiger partial charge in [-0.15, -0.1) is 0 Å². The number of aromatic nitrogens is 1. The van der Waals surface area contributed by atoms with Gasteiger partial charge in [-0.3, -0.25) is 4.79 Å². The zero-order chi connectivity index (χ0) is 18.4. The number of nitrogens with two attached hydrogens (primary N) is 1. The molecule has 1 aromatic carbocycles. The standard InChI is InChI=1S/C20H27N5O2/c21-19(26)17(12-4-5-12)23-13-10-14-16-15(11-13)27-9-6-22-18(16)20(24-14)25-7-2-1-3-8-25/h10-12,17,22-24H,1-9H2,(H2,21,26)/t17-/m0/s1. The first-order valence-corrected chi connectivity index (χ1v) is 10.1. The molecule has 27 heavy (non-hydrogen) atoms. The monoisotopic (exact) mass is 369 g/mol. The maximum Gasteiger partial charge on any atom is 0.240 e. The molecule has 0 spiro atoms. The third kappa shape index (κ3) is 3.05. The van der Waals surface area contributed by atoms with E-state index in [0.717, 1.165) is 66.3 Å². The number of carbonyl (C=O) groups excluding carboxylic acids is 1. The fourth-order valence-corrected chi connectivity index (χ4v) is 4.37. The summed E-state index contributed by atoms with van der Waals surface area (Å²) in [5.41, 5.74) is 8.66. The molecule has 1 aromatic heterocycles. The molecule has 2 aromatic rings. The number of hydrogen-bond acceptors (Lipinski definition) is 5. The lowest BCUT2D eigenvalue weighted by atomic mass is 10.1. The third-order valence-electron chi connectivity index (χ3n) is 5.90. The van der Waals surface area contributed by atoms with Crippen LogP contribution in [0.2, 0.25) is 0 Å². The zero-order valence-corrected chi connectivity index (χ0v) is 15.5. The Labute approximate surface area is 158 Å². The molecule has 2 fully saturated rings. The fourth-order valence-electron chi connectivity index (χ4n) is 4.37. The number of amides is 1. The quantitative estimate of drug-likeness (QED) is 0.650. The molecule has 3 heterocycles. The van der Waals surface area contributed by atoms with Crippen molar-refractivity contribution in [1.29, 1.82) is 0 Å². The Kier molecular flexibility index (Phi) is 4.02. The summed E-state index contributed by atoms with van der Waals surface area (Å²) >= 11 is 0. The average Bonchev–Trinajstić information content (AvgIpc) is 3.47. The van der Waals surface area contributed by atoms with Gasteiger partial charge in [-0.2, -0.15) is 0 Å². The Morgan fingerprint density at radius 1 is 1.26 bits per heavy atom. The first-order chi connectivity index (χ1) is 13.2. The molecule has 7 heteroatoms. The second-order valence-electron chi connectivity index (χ2n) is 7.93. The van der Waals surface area contributed by atoms with Gasteiger partial charge < -0.3 is 31.0 Å². The number of benzene rings is 1. The summed E-state index contributed by atoms with van der Waals surface area (Å²) in [5, 5.41) is 8.00. The van der Waals surface area contributed by atoms with Crippen molar-refractivity contribution in [2.45, 2.75) is 38.1 Å². The lowest BCUT2D eigenvalue weighted by molar-refractivity contribution is -0.119. The van der Waals surface area contributed by atoms with Crippen LogP contribution in [-0.2, 0) is 4.79 Å². The van der Waals surface area contributed by atoms with Gasteiger partial charge in [-0.05, 0) is 44.1 Å². The van der Waals surface area contributed by atoms with Crippen LogP contribution in [0.1, 0.15) is 32.1 Å². The highest BCUT2D eigenvalue weighted by molar-refractivity contribution is 6.05. The van der Waals surface area contributed by atoms with Crippen molar-refractivity contribution in [3.63, 3.8) is 0 Å². The summed E-state index contributed by atoms with van der Waals surface area (Å²) in [4.78, 5) is 17.9. The van der Waals surface area contributed by atoms with E-state index in [1.807, 2.05) is 6.07 Å². The SMILES string of the molecule is NC(=O)[C@@H](Nc1cc2c3c(c(N4CCCCC4)[nH]c3c1)NCCO2)C1CC1. The number of nitrogens with one attached hydrogen (secondary N) is 3. The van der Waals surface area contributed by atoms with Crippen LogP contribution in [0.15, 0.2) is 12.1 Å².